The molecule has 0 bridgehead atoms. The van der Waals surface area contributed by atoms with Gasteiger partial charge in [-0.1, -0.05) is 6.07 Å². The number of nitrogens with zero attached hydrogens (tertiary/aromatic N) is 3. The van der Waals surface area contributed by atoms with Gasteiger partial charge in [-0.25, -0.2) is 13.8 Å². The fourth-order valence-electron chi connectivity index (χ4n) is 2.88. The molecule has 1 saturated heterocycles. The Morgan fingerprint density at radius 3 is 2.91 bits per heavy atom. The highest BCUT2D eigenvalue weighted by atomic mass is 19.2. The van der Waals surface area contributed by atoms with Crippen molar-refractivity contribution >= 4 is 5.82 Å². The highest BCUT2D eigenvalue weighted by Crippen LogP contribution is 2.32. The Kier molecular flexibility index (Phi) is 4.29. The van der Waals surface area contributed by atoms with Crippen molar-refractivity contribution in [1.82, 2.24) is 14.9 Å². The van der Waals surface area contributed by atoms with Crippen molar-refractivity contribution in [2.75, 3.05) is 18.9 Å². The minimum Gasteiger partial charge on any atom is -0.372 e. The van der Waals surface area contributed by atoms with Gasteiger partial charge in [0.2, 0.25) is 0 Å². The molecule has 1 aromatic carbocycles. The van der Waals surface area contributed by atoms with Gasteiger partial charge in [0.25, 0.3) is 0 Å². The predicted octanol–water partition coefficient (Wildman–Crippen LogP) is 3.13. The summed E-state index contributed by atoms with van der Waals surface area (Å²) in [5, 5.41) is 2.99. The fraction of sp³-hybridized carbons (Fsp3) is 0.375. The number of hydrogen-bond acceptors (Lipinski definition) is 4. The Morgan fingerprint density at radius 1 is 1.27 bits per heavy atom. The van der Waals surface area contributed by atoms with Gasteiger partial charge in [0, 0.05) is 13.6 Å². The van der Waals surface area contributed by atoms with Gasteiger partial charge in [0.15, 0.2) is 11.6 Å². The predicted molar refractivity (Wildman–Crippen MR) is 80.3 cm³/mol. The smallest absolute Gasteiger partial charge is 0.159 e. The van der Waals surface area contributed by atoms with Crippen molar-refractivity contribution in [2.24, 2.45) is 0 Å². The van der Waals surface area contributed by atoms with Crippen LogP contribution in [0.4, 0.5) is 14.6 Å². The van der Waals surface area contributed by atoms with E-state index < -0.39 is 11.6 Å². The molecule has 1 aliphatic rings. The second-order valence-corrected chi connectivity index (χ2v) is 5.46. The molecular formula is C16H18F2N4. The van der Waals surface area contributed by atoms with Gasteiger partial charge in [-0.3, -0.25) is 9.88 Å². The lowest BCUT2D eigenvalue weighted by atomic mass is 10.1. The van der Waals surface area contributed by atoms with Gasteiger partial charge < -0.3 is 5.32 Å². The second kappa shape index (κ2) is 6.36. The number of hydrogen-bond donors (Lipinski definition) is 1. The summed E-state index contributed by atoms with van der Waals surface area (Å²) in [6.07, 6.45) is 5.50. The van der Waals surface area contributed by atoms with E-state index in [1.54, 1.807) is 18.5 Å². The van der Waals surface area contributed by atoms with Crippen molar-refractivity contribution in [3.63, 3.8) is 0 Å². The van der Waals surface area contributed by atoms with Crippen LogP contribution in [0.5, 0.6) is 0 Å². The maximum atomic E-state index is 13.3. The fourth-order valence-corrected chi connectivity index (χ4v) is 2.88. The number of benzene rings is 1. The van der Waals surface area contributed by atoms with Crippen LogP contribution in [0.2, 0.25) is 0 Å². The first-order chi connectivity index (χ1) is 10.7. The molecule has 6 heteroatoms. The Hall–Kier alpha value is -2.08. The Balaban J connectivity index is 1.79. The quantitative estimate of drug-likeness (QED) is 0.942. The topological polar surface area (TPSA) is 41.1 Å². The lowest BCUT2D eigenvalue weighted by Gasteiger charge is -2.24. The van der Waals surface area contributed by atoms with Crippen molar-refractivity contribution in [3.05, 3.63) is 53.5 Å². The lowest BCUT2D eigenvalue weighted by molar-refractivity contribution is 0.243. The van der Waals surface area contributed by atoms with Crippen LogP contribution in [-0.4, -0.2) is 28.5 Å². The number of halogens is 2. The molecule has 3 rings (SSSR count). The third kappa shape index (κ3) is 3.06. The van der Waals surface area contributed by atoms with E-state index >= 15 is 0 Å². The van der Waals surface area contributed by atoms with Crippen LogP contribution < -0.4 is 5.32 Å². The van der Waals surface area contributed by atoms with Crippen LogP contribution in [0.1, 0.15) is 30.1 Å². The third-order valence-corrected chi connectivity index (χ3v) is 3.98. The number of anilines is 1. The molecule has 0 radical (unpaired) electrons. The van der Waals surface area contributed by atoms with Crippen LogP contribution in [0, 0.1) is 11.6 Å². The zero-order valence-electron chi connectivity index (χ0n) is 12.4. The molecule has 4 nitrogen and oxygen atoms in total. The standard InChI is InChI=1S/C16H18F2N4/c1-19-16-9-20-8-14(21-16)15-3-2-6-22(15)10-11-4-5-12(17)13(18)7-11/h4-5,7-9,15H,2-3,6,10H2,1H3,(H,19,21). The molecule has 2 aromatic rings. The van der Waals surface area contributed by atoms with Crippen LogP contribution in [0.3, 0.4) is 0 Å². The van der Waals surface area contributed by atoms with Crippen LogP contribution in [0.15, 0.2) is 30.6 Å². The van der Waals surface area contributed by atoms with E-state index in [1.807, 2.05) is 7.05 Å². The Labute approximate surface area is 128 Å². The van der Waals surface area contributed by atoms with E-state index in [-0.39, 0.29) is 6.04 Å². The normalized spacial score (nSPS) is 18.6. The molecule has 0 spiro atoms. The molecule has 1 aliphatic heterocycles. The number of aromatic nitrogens is 2. The molecule has 1 N–H and O–H groups in total. The zero-order chi connectivity index (χ0) is 15.5. The van der Waals surface area contributed by atoms with E-state index in [1.165, 1.54) is 12.1 Å². The molecule has 1 unspecified atom stereocenters. The number of nitrogens with one attached hydrogen (secondary N) is 1. The molecule has 1 fully saturated rings. The number of rotatable bonds is 4. The summed E-state index contributed by atoms with van der Waals surface area (Å²) >= 11 is 0. The average Bonchev–Trinajstić information content (AvgIpc) is 2.99. The first kappa shape index (κ1) is 14.8. The molecular weight excluding hydrogens is 286 g/mol. The Bertz CT molecular complexity index is 662. The summed E-state index contributed by atoms with van der Waals surface area (Å²) in [5.74, 6) is -0.878. The molecule has 0 aliphatic carbocycles. The maximum absolute atomic E-state index is 13.3. The van der Waals surface area contributed by atoms with Crippen molar-refractivity contribution in [2.45, 2.75) is 25.4 Å². The summed E-state index contributed by atoms with van der Waals surface area (Å²) in [6.45, 7) is 1.49. The van der Waals surface area contributed by atoms with E-state index in [0.29, 0.717) is 6.54 Å². The summed E-state index contributed by atoms with van der Waals surface area (Å²) in [6, 6.07) is 4.23. The SMILES string of the molecule is CNc1cncc(C2CCCN2Cc2ccc(F)c(F)c2)n1. The number of likely N-dealkylation sites (tertiary alicyclic amines) is 1. The summed E-state index contributed by atoms with van der Waals surface area (Å²) in [4.78, 5) is 11.0. The van der Waals surface area contributed by atoms with E-state index in [0.717, 1.165) is 36.5 Å². The summed E-state index contributed by atoms with van der Waals surface area (Å²) < 4.78 is 26.4. The first-order valence-corrected chi connectivity index (χ1v) is 7.35. The molecule has 1 aromatic heterocycles. The zero-order valence-corrected chi connectivity index (χ0v) is 12.4. The van der Waals surface area contributed by atoms with E-state index in [4.69, 9.17) is 0 Å². The van der Waals surface area contributed by atoms with Gasteiger partial charge in [-0.15, -0.1) is 0 Å². The van der Waals surface area contributed by atoms with Crippen molar-refractivity contribution < 1.29 is 8.78 Å². The minimum atomic E-state index is -0.811. The van der Waals surface area contributed by atoms with E-state index in [9.17, 15) is 8.78 Å². The average molecular weight is 304 g/mol. The molecule has 22 heavy (non-hydrogen) atoms. The molecule has 2 heterocycles. The second-order valence-electron chi connectivity index (χ2n) is 5.46. The largest absolute Gasteiger partial charge is 0.372 e. The van der Waals surface area contributed by atoms with Crippen molar-refractivity contribution in [1.29, 1.82) is 0 Å². The molecule has 1 atom stereocenters. The van der Waals surface area contributed by atoms with Crippen LogP contribution in [0.25, 0.3) is 0 Å². The Morgan fingerprint density at radius 2 is 2.14 bits per heavy atom. The third-order valence-electron chi connectivity index (χ3n) is 3.98. The first-order valence-electron chi connectivity index (χ1n) is 7.35. The van der Waals surface area contributed by atoms with Crippen molar-refractivity contribution in [3.8, 4) is 0 Å². The van der Waals surface area contributed by atoms with E-state index in [2.05, 4.69) is 20.2 Å². The minimum absolute atomic E-state index is 0.161. The van der Waals surface area contributed by atoms with Gasteiger partial charge in [0.1, 0.15) is 5.82 Å². The van der Waals surface area contributed by atoms with Gasteiger partial charge in [-0.05, 0) is 37.1 Å². The van der Waals surface area contributed by atoms with Gasteiger partial charge in [0.05, 0.1) is 24.1 Å². The van der Waals surface area contributed by atoms with Gasteiger partial charge >= 0.3 is 0 Å². The molecule has 0 amide bonds. The summed E-state index contributed by atoms with van der Waals surface area (Å²) in [7, 11) is 1.81. The summed E-state index contributed by atoms with van der Waals surface area (Å²) in [5.41, 5.74) is 1.68. The van der Waals surface area contributed by atoms with Crippen LogP contribution >= 0.6 is 0 Å². The van der Waals surface area contributed by atoms with Gasteiger partial charge in [-0.2, -0.15) is 0 Å². The highest BCUT2D eigenvalue weighted by Gasteiger charge is 2.27. The highest BCUT2D eigenvalue weighted by molar-refractivity contribution is 5.31. The lowest BCUT2D eigenvalue weighted by Crippen LogP contribution is -2.24. The monoisotopic (exact) mass is 304 g/mol. The van der Waals surface area contributed by atoms with Crippen LogP contribution in [-0.2, 0) is 6.54 Å². The molecule has 116 valence electrons. The maximum Gasteiger partial charge on any atom is 0.159 e. The molecule has 0 saturated carbocycles.